The molecule has 124 valence electrons. The van der Waals surface area contributed by atoms with Crippen LogP contribution in [0.3, 0.4) is 0 Å². The highest BCUT2D eigenvalue weighted by molar-refractivity contribution is 5.87. The minimum Gasteiger partial charge on any atom is -0.349 e. The summed E-state index contributed by atoms with van der Waals surface area (Å²) < 4.78 is 1.93. The Hall–Kier alpha value is -3.14. The minimum absolute atomic E-state index is 0.0242. The molecule has 0 radical (unpaired) electrons. The van der Waals surface area contributed by atoms with Crippen molar-refractivity contribution in [3.05, 3.63) is 84.3 Å². The third-order valence-electron chi connectivity index (χ3n) is 4.42. The van der Waals surface area contributed by atoms with Crippen molar-refractivity contribution in [2.75, 3.05) is 0 Å². The summed E-state index contributed by atoms with van der Waals surface area (Å²) in [7, 11) is 0. The van der Waals surface area contributed by atoms with Crippen LogP contribution in [0.25, 0.3) is 16.4 Å². The van der Waals surface area contributed by atoms with Crippen LogP contribution in [0.2, 0.25) is 0 Å². The average molecular weight is 329 g/mol. The lowest BCUT2D eigenvalue weighted by Crippen LogP contribution is -2.28. The van der Waals surface area contributed by atoms with Gasteiger partial charge < -0.3 is 9.72 Å². The van der Waals surface area contributed by atoms with Crippen molar-refractivity contribution in [2.24, 2.45) is 0 Å². The number of rotatable bonds is 4. The number of pyridine rings is 1. The fourth-order valence-electron chi connectivity index (χ4n) is 3.24. The normalized spacial score (nSPS) is 12.4. The summed E-state index contributed by atoms with van der Waals surface area (Å²) in [5.74, 6) is -0.0242. The Bertz CT molecular complexity index is 1010. The first kappa shape index (κ1) is 15.4. The van der Waals surface area contributed by atoms with Crippen molar-refractivity contribution < 1.29 is 4.79 Å². The van der Waals surface area contributed by atoms with Gasteiger partial charge in [0, 0.05) is 12.4 Å². The summed E-state index contributed by atoms with van der Waals surface area (Å²) >= 11 is 0. The fraction of sp³-hybridized carbons (Fsp3) is 0.143. The highest BCUT2D eigenvalue weighted by Crippen LogP contribution is 2.24. The van der Waals surface area contributed by atoms with E-state index in [4.69, 9.17) is 0 Å². The highest BCUT2D eigenvalue weighted by Gasteiger charge is 2.14. The van der Waals surface area contributed by atoms with E-state index in [-0.39, 0.29) is 18.4 Å². The number of nitrogens with zero attached hydrogens (tertiary/aromatic N) is 2. The summed E-state index contributed by atoms with van der Waals surface area (Å²) in [6.45, 7) is 2.02. The molecule has 1 amide bonds. The zero-order valence-electron chi connectivity index (χ0n) is 14.0. The van der Waals surface area contributed by atoms with Gasteiger partial charge in [-0.05, 0) is 35.4 Å². The highest BCUT2D eigenvalue weighted by atomic mass is 16.1. The molecule has 0 spiro atoms. The van der Waals surface area contributed by atoms with Crippen LogP contribution in [-0.2, 0) is 11.2 Å². The molecule has 4 aromatic rings. The molecule has 4 heteroatoms. The van der Waals surface area contributed by atoms with E-state index in [1.54, 1.807) is 0 Å². The monoisotopic (exact) mass is 329 g/mol. The quantitative estimate of drug-likeness (QED) is 0.617. The number of carbonyl (C=O) groups is 1. The Labute approximate surface area is 146 Å². The molecule has 2 aromatic carbocycles. The lowest BCUT2D eigenvalue weighted by molar-refractivity contribution is -0.121. The Morgan fingerprint density at radius 1 is 1.08 bits per heavy atom. The van der Waals surface area contributed by atoms with Crippen LogP contribution in [0.4, 0.5) is 0 Å². The van der Waals surface area contributed by atoms with Gasteiger partial charge in [0.1, 0.15) is 5.65 Å². The standard InChI is InChI=1S/C21H19N3O/c1-15(18-10-6-8-16-7-2-3-9-19(16)18)22-21(25)13-17-14-24-12-5-4-11-20(24)23-17/h2-12,14-15H,13H2,1H3,(H,22,25)/t15-/m0/s1. The van der Waals surface area contributed by atoms with Crippen LogP contribution in [-0.4, -0.2) is 15.3 Å². The van der Waals surface area contributed by atoms with Gasteiger partial charge in [-0.15, -0.1) is 0 Å². The van der Waals surface area contributed by atoms with Crippen LogP contribution in [0.15, 0.2) is 73.1 Å². The molecule has 0 fully saturated rings. The number of fused-ring (bicyclic) bond motifs is 2. The van der Waals surface area contributed by atoms with Crippen LogP contribution in [0.1, 0.15) is 24.2 Å². The third kappa shape index (κ3) is 3.11. The molecule has 0 unspecified atom stereocenters. The van der Waals surface area contributed by atoms with Gasteiger partial charge in [0.25, 0.3) is 0 Å². The largest absolute Gasteiger partial charge is 0.349 e. The number of nitrogens with one attached hydrogen (secondary N) is 1. The van der Waals surface area contributed by atoms with Gasteiger partial charge >= 0.3 is 0 Å². The van der Waals surface area contributed by atoms with Gasteiger partial charge in [-0.2, -0.15) is 0 Å². The van der Waals surface area contributed by atoms with Crippen molar-refractivity contribution in [3.63, 3.8) is 0 Å². The summed E-state index contributed by atoms with van der Waals surface area (Å²) in [4.78, 5) is 16.9. The Morgan fingerprint density at radius 2 is 1.88 bits per heavy atom. The number of amides is 1. The van der Waals surface area contributed by atoms with Crippen molar-refractivity contribution in [3.8, 4) is 0 Å². The smallest absolute Gasteiger partial charge is 0.226 e. The number of imidazole rings is 1. The number of carbonyl (C=O) groups excluding carboxylic acids is 1. The van der Waals surface area contributed by atoms with Gasteiger partial charge in [0.2, 0.25) is 5.91 Å². The van der Waals surface area contributed by atoms with Crippen LogP contribution < -0.4 is 5.32 Å². The van der Waals surface area contributed by atoms with Gasteiger partial charge in [-0.3, -0.25) is 4.79 Å². The Kier molecular flexibility index (Phi) is 3.94. The number of hydrogen-bond acceptors (Lipinski definition) is 2. The van der Waals surface area contributed by atoms with E-state index in [9.17, 15) is 4.79 Å². The molecule has 0 aliphatic heterocycles. The van der Waals surface area contributed by atoms with E-state index in [1.165, 1.54) is 10.8 Å². The molecule has 1 N–H and O–H groups in total. The lowest BCUT2D eigenvalue weighted by Gasteiger charge is -2.16. The SMILES string of the molecule is C[C@H](NC(=O)Cc1cn2ccccc2n1)c1cccc2ccccc12. The second kappa shape index (κ2) is 6.40. The first-order valence-corrected chi connectivity index (χ1v) is 8.40. The molecule has 0 saturated heterocycles. The fourth-order valence-corrected chi connectivity index (χ4v) is 3.24. The maximum absolute atomic E-state index is 12.4. The van der Waals surface area contributed by atoms with Gasteiger partial charge in [0.05, 0.1) is 18.2 Å². The Morgan fingerprint density at radius 3 is 2.76 bits per heavy atom. The summed E-state index contributed by atoms with van der Waals surface area (Å²) in [6, 6.07) is 20.2. The molecular formula is C21H19N3O. The molecule has 2 heterocycles. The molecule has 2 aromatic heterocycles. The zero-order chi connectivity index (χ0) is 17.2. The second-order valence-corrected chi connectivity index (χ2v) is 6.23. The van der Waals surface area contributed by atoms with E-state index in [2.05, 4.69) is 34.6 Å². The number of benzene rings is 2. The van der Waals surface area contributed by atoms with E-state index in [0.29, 0.717) is 0 Å². The topological polar surface area (TPSA) is 46.4 Å². The van der Waals surface area contributed by atoms with Crippen molar-refractivity contribution >= 4 is 22.3 Å². The lowest BCUT2D eigenvalue weighted by atomic mass is 9.99. The molecule has 25 heavy (non-hydrogen) atoms. The van der Waals surface area contributed by atoms with Crippen LogP contribution in [0.5, 0.6) is 0 Å². The van der Waals surface area contributed by atoms with Gasteiger partial charge in [-0.1, -0.05) is 48.5 Å². The average Bonchev–Trinajstić information content (AvgIpc) is 3.03. The van der Waals surface area contributed by atoms with Gasteiger partial charge in [0.15, 0.2) is 0 Å². The van der Waals surface area contributed by atoms with Gasteiger partial charge in [-0.25, -0.2) is 4.98 Å². The predicted molar refractivity (Wildman–Crippen MR) is 99.4 cm³/mol. The Balaban J connectivity index is 1.51. The molecule has 0 aliphatic rings. The first-order valence-electron chi connectivity index (χ1n) is 8.40. The zero-order valence-corrected chi connectivity index (χ0v) is 14.0. The molecule has 0 bridgehead atoms. The van der Waals surface area contributed by atoms with Crippen molar-refractivity contribution in [2.45, 2.75) is 19.4 Å². The van der Waals surface area contributed by atoms with Crippen LogP contribution in [0, 0.1) is 0 Å². The molecule has 4 rings (SSSR count). The number of aromatic nitrogens is 2. The number of hydrogen-bond donors (Lipinski definition) is 1. The van der Waals surface area contributed by atoms with E-state index in [1.807, 2.05) is 60.1 Å². The maximum Gasteiger partial charge on any atom is 0.226 e. The van der Waals surface area contributed by atoms with Crippen LogP contribution >= 0.6 is 0 Å². The molecule has 4 nitrogen and oxygen atoms in total. The van der Waals surface area contributed by atoms with E-state index >= 15 is 0 Å². The first-order chi connectivity index (χ1) is 12.2. The summed E-state index contributed by atoms with van der Waals surface area (Å²) in [5.41, 5.74) is 2.75. The maximum atomic E-state index is 12.4. The molecule has 0 aliphatic carbocycles. The molecule has 1 atom stereocenters. The predicted octanol–water partition coefficient (Wildman–Crippen LogP) is 3.91. The van der Waals surface area contributed by atoms with E-state index < -0.39 is 0 Å². The van der Waals surface area contributed by atoms with Crippen molar-refractivity contribution in [1.82, 2.24) is 14.7 Å². The minimum atomic E-state index is -0.0596. The molecular weight excluding hydrogens is 310 g/mol. The summed E-state index contributed by atoms with van der Waals surface area (Å²) in [5, 5.41) is 5.45. The molecule has 0 saturated carbocycles. The second-order valence-electron chi connectivity index (χ2n) is 6.23. The summed E-state index contributed by atoms with van der Waals surface area (Å²) in [6.07, 6.45) is 4.11. The van der Waals surface area contributed by atoms with Crippen molar-refractivity contribution in [1.29, 1.82) is 0 Å². The third-order valence-corrected chi connectivity index (χ3v) is 4.42. The van der Waals surface area contributed by atoms with E-state index in [0.717, 1.165) is 16.9 Å².